The fourth-order valence-corrected chi connectivity index (χ4v) is 6.99. The van der Waals surface area contributed by atoms with Gasteiger partial charge in [0.25, 0.3) is 5.91 Å². The van der Waals surface area contributed by atoms with Gasteiger partial charge in [0.2, 0.25) is 10.0 Å². The number of carbonyl (C=O) groups excluding carboxylic acids is 1. The van der Waals surface area contributed by atoms with Crippen LogP contribution in [0.15, 0.2) is 112 Å². The summed E-state index contributed by atoms with van der Waals surface area (Å²) in [6.45, 7) is 6.56. The fraction of sp³-hybridized carbons (Fsp3) is 0.265. The van der Waals surface area contributed by atoms with Gasteiger partial charge in [-0.25, -0.2) is 8.42 Å². The van der Waals surface area contributed by atoms with Gasteiger partial charge >= 0.3 is 0 Å². The highest BCUT2D eigenvalue weighted by Crippen LogP contribution is 2.31. The Morgan fingerprint density at radius 3 is 1.98 bits per heavy atom. The lowest BCUT2D eigenvalue weighted by atomic mass is 9.96. The van der Waals surface area contributed by atoms with Crippen molar-refractivity contribution in [1.29, 1.82) is 0 Å². The third-order valence-electron chi connectivity index (χ3n) is 7.38. The zero-order chi connectivity index (χ0) is 30.4. The van der Waals surface area contributed by atoms with Crippen LogP contribution in [0.3, 0.4) is 0 Å². The molecular formula is C34H36BrN3O4S. The quantitative estimate of drug-likeness (QED) is 0.202. The number of ether oxygens (including phenoxy) is 1. The first-order chi connectivity index (χ1) is 20.7. The molecule has 0 saturated carbocycles. The van der Waals surface area contributed by atoms with Crippen molar-refractivity contribution in [1.82, 2.24) is 9.21 Å². The summed E-state index contributed by atoms with van der Waals surface area (Å²) in [7, 11) is -3.70. The van der Waals surface area contributed by atoms with E-state index in [2.05, 4.69) is 50.4 Å². The fourth-order valence-electron chi connectivity index (χ4n) is 5.21. The van der Waals surface area contributed by atoms with Gasteiger partial charge in [-0.15, -0.1) is 0 Å². The molecule has 9 heteroatoms. The molecule has 4 aromatic carbocycles. The van der Waals surface area contributed by atoms with E-state index < -0.39 is 10.0 Å². The molecule has 0 aromatic heterocycles. The molecule has 7 nitrogen and oxygen atoms in total. The van der Waals surface area contributed by atoms with Crippen molar-refractivity contribution in [2.75, 3.05) is 38.1 Å². The van der Waals surface area contributed by atoms with Crippen LogP contribution < -0.4 is 10.1 Å². The lowest BCUT2D eigenvalue weighted by molar-refractivity contribution is 0.102. The maximum atomic E-state index is 13.6. The van der Waals surface area contributed by atoms with Gasteiger partial charge in [-0.3, -0.25) is 9.69 Å². The standard InChI is InChI=1S/C34H36BrN3O4S/c1-25(2)24-42-32-18-13-28(35)23-31(32)34(39)36-29-14-16-30(17-15-29)43(40,41)38-21-19-37(20-22-38)33(26-9-5-3-6-10-26)27-11-7-4-8-12-27/h3-18,23,25,33H,19-22,24H2,1-2H3,(H,36,39). The minimum Gasteiger partial charge on any atom is -0.492 e. The molecule has 0 unspecified atom stereocenters. The van der Waals surface area contributed by atoms with E-state index >= 15 is 0 Å². The van der Waals surface area contributed by atoms with Crippen molar-refractivity contribution in [2.45, 2.75) is 24.8 Å². The minimum atomic E-state index is -3.70. The zero-order valence-corrected chi connectivity index (χ0v) is 26.7. The van der Waals surface area contributed by atoms with Crippen LogP contribution in [0.2, 0.25) is 0 Å². The topological polar surface area (TPSA) is 78.9 Å². The summed E-state index contributed by atoms with van der Waals surface area (Å²) in [4.78, 5) is 15.7. The number of carbonyl (C=O) groups is 1. The summed E-state index contributed by atoms with van der Waals surface area (Å²) < 4.78 is 35.3. The summed E-state index contributed by atoms with van der Waals surface area (Å²) in [6, 6.07) is 32.3. The summed E-state index contributed by atoms with van der Waals surface area (Å²) in [5.41, 5.74) is 3.26. The van der Waals surface area contributed by atoms with E-state index in [-0.39, 0.29) is 16.8 Å². The predicted molar refractivity (Wildman–Crippen MR) is 174 cm³/mol. The van der Waals surface area contributed by atoms with Crippen LogP contribution in [0, 0.1) is 5.92 Å². The van der Waals surface area contributed by atoms with Gasteiger partial charge in [0, 0.05) is 36.3 Å². The number of rotatable bonds is 10. The van der Waals surface area contributed by atoms with E-state index in [0.717, 1.165) is 4.47 Å². The Morgan fingerprint density at radius 2 is 1.42 bits per heavy atom. The van der Waals surface area contributed by atoms with E-state index in [9.17, 15) is 13.2 Å². The Balaban J connectivity index is 1.25. The number of anilines is 1. The van der Waals surface area contributed by atoms with Crippen molar-refractivity contribution in [3.05, 3.63) is 124 Å². The van der Waals surface area contributed by atoms with Gasteiger partial charge in [0.1, 0.15) is 5.75 Å². The van der Waals surface area contributed by atoms with E-state index in [1.165, 1.54) is 11.1 Å². The van der Waals surface area contributed by atoms with Crippen LogP contribution >= 0.6 is 15.9 Å². The van der Waals surface area contributed by atoms with Crippen LogP contribution in [0.4, 0.5) is 5.69 Å². The summed E-state index contributed by atoms with van der Waals surface area (Å²) >= 11 is 3.42. The molecule has 1 saturated heterocycles. The highest BCUT2D eigenvalue weighted by Gasteiger charge is 2.32. The molecule has 4 aromatic rings. The second-order valence-electron chi connectivity index (χ2n) is 11.0. The van der Waals surface area contributed by atoms with Gasteiger partial charge in [0.05, 0.1) is 23.1 Å². The number of halogens is 1. The largest absolute Gasteiger partial charge is 0.492 e. The van der Waals surface area contributed by atoms with Crippen LogP contribution in [-0.4, -0.2) is 56.3 Å². The molecular weight excluding hydrogens is 626 g/mol. The molecule has 1 aliphatic rings. The van der Waals surface area contributed by atoms with E-state index in [0.29, 0.717) is 55.7 Å². The number of nitrogens with one attached hydrogen (secondary N) is 1. The van der Waals surface area contributed by atoms with Gasteiger partial charge in [-0.2, -0.15) is 4.31 Å². The number of amides is 1. The first-order valence-corrected chi connectivity index (χ1v) is 16.6. The monoisotopic (exact) mass is 661 g/mol. The third kappa shape index (κ3) is 7.54. The van der Waals surface area contributed by atoms with Crippen molar-refractivity contribution < 1.29 is 17.9 Å². The normalized spacial score (nSPS) is 14.6. The van der Waals surface area contributed by atoms with Crippen molar-refractivity contribution in [2.24, 2.45) is 5.92 Å². The molecule has 1 heterocycles. The zero-order valence-electron chi connectivity index (χ0n) is 24.3. The number of hydrogen-bond acceptors (Lipinski definition) is 5. The average Bonchev–Trinajstić information content (AvgIpc) is 3.02. The second-order valence-corrected chi connectivity index (χ2v) is 13.8. The SMILES string of the molecule is CC(C)COc1ccc(Br)cc1C(=O)Nc1ccc(S(=O)(=O)N2CCN(C(c3ccccc3)c3ccccc3)CC2)cc1. The van der Waals surface area contributed by atoms with Crippen LogP contribution in [0.25, 0.3) is 0 Å². The maximum absolute atomic E-state index is 13.6. The Labute approximate surface area is 262 Å². The van der Waals surface area contributed by atoms with E-state index in [1.54, 1.807) is 40.7 Å². The maximum Gasteiger partial charge on any atom is 0.259 e. The molecule has 1 amide bonds. The molecule has 0 atom stereocenters. The molecule has 0 bridgehead atoms. The lowest BCUT2D eigenvalue weighted by Crippen LogP contribution is -2.49. The first kappa shape index (κ1) is 30.9. The van der Waals surface area contributed by atoms with Crippen LogP contribution in [-0.2, 0) is 10.0 Å². The Bertz CT molecular complexity index is 1580. The molecule has 0 radical (unpaired) electrons. The van der Waals surface area contributed by atoms with Crippen molar-refractivity contribution >= 4 is 37.5 Å². The van der Waals surface area contributed by atoms with Gasteiger partial charge in [-0.05, 0) is 59.5 Å². The highest BCUT2D eigenvalue weighted by molar-refractivity contribution is 9.10. The van der Waals surface area contributed by atoms with Gasteiger partial charge < -0.3 is 10.1 Å². The number of nitrogens with zero attached hydrogens (tertiary/aromatic N) is 2. The number of piperazine rings is 1. The average molecular weight is 663 g/mol. The summed E-state index contributed by atoms with van der Waals surface area (Å²) in [5.74, 6) is 0.471. The second kappa shape index (κ2) is 13.9. The Hall–Kier alpha value is -3.50. The Kier molecular flexibility index (Phi) is 9.97. The molecule has 1 fully saturated rings. The molecule has 43 heavy (non-hydrogen) atoms. The summed E-state index contributed by atoms with van der Waals surface area (Å²) in [5, 5.41) is 2.87. The Morgan fingerprint density at radius 1 is 0.837 bits per heavy atom. The smallest absolute Gasteiger partial charge is 0.259 e. The minimum absolute atomic E-state index is 0.0525. The van der Waals surface area contributed by atoms with Crippen LogP contribution in [0.1, 0.15) is 41.4 Å². The molecule has 1 N–H and O–H groups in total. The number of sulfonamides is 1. The number of benzene rings is 4. The van der Waals surface area contributed by atoms with Crippen molar-refractivity contribution in [3.8, 4) is 5.75 Å². The van der Waals surface area contributed by atoms with Gasteiger partial charge in [0.15, 0.2) is 0 Å². The molecule has 224 valence electrons. The molecule has 0 spiro atoms. The molecule has 1 aliphatic heterocycles. The third-order valence-corrected chi connectivity index (χ3v) is 9.78. The molecule has 0 aliphatic carbocycles. The lowest BCUT2D eigenvalue weighted by Gasteiger charge is -2.39. The van der Waals surface area contributed by atoms with Gasteiger partial charge in [-0.1, -0.05) is 90.4 Å². The van der Waals surface area contributed by atoms with E-state index in [1.807, 2.05) is 56.3 Å². The van der Waals surface area contributed by atoms with Crippen molar-refractivity contribution in [3.63, 3.8) is 0 Å². The summed E-state index contributed by atoms with van der Waals surface area (Å²) in [6.07, 6.45) is 0. The molecule has 5 rings (SSSR count). The number of hydrogen-bond donors (Lipinski definition) is 1. The van der Waals surface area contributed by atoms with Crippen LogP contribution in [0.5, 0.6) is 5.75 Å². The predicted octanol–water partition coefficient (Wildman–Crippen LogP) is 6.83. The first-order valence-electron chi connectivity index (χ1n) is 14.4. The van der Waals surface area contributed by atoms with E-state index in [4.69, 9.17) is 4.74 Å². The highest BCUT2D eigenvalue weighted by atomic mass is 79.9.